The number of aromatic carboxylic acids is 1. The first kappa shape index (κ1) is 66.4. The lowest BCUT2D eigenvalue weighted by molar-refractivity contribution is -0.229. The summed E-state index contributed by atoms with van der Waals surface area (Å²) < 4.78 is 27.6. The highest BCUT2D eigenvalue weighted by atomic mass is 32.1. The predicted octanol–water partition coefficient (Wildman–Crippen LogP) is 7.53. The number of imide groups is 1. The summed E-state index contributed by atoms with van der Waals surface area (Å²) in [5, 5.41) is 55.2. The van der Waals surface area contributed by atoms with Gasteiger partial charge in [-0.15, -0.1) is 0 Å². The number of aliphatic hydroxyl groups excluding tert-OH is 3. The Morgan fingerprint density at radius 3 is 2.47 bits per heavy atom. The van der Waals surface area contributed by atoms with Crippen LogP contribution in [0.25, 0.3) is 21.3 Å². The molecule has 502 valence electrons. The molecule has 1 saturated heterocycles. The molecule has 5 fully saturated rings. The summed E-state index contributed by atoms with van der Waals surface area (Å²) in [5.74, 6) is -2.26. The van der Waals surface area contributed by atoms with Gasteiger partial charge in [-0.2, -0.15) is 5.10 Å². The van der Waals surface area contributed by atoms with Crippen LogP contribution in [-0.2, 0) is 59.5 Å². The number of fused-ring (bicyclic) bond motifs is 2. The van der Waals surface area contributed by atoms with Crippen molar-refractivity contribution in [3.8, 4) is 16.9 Å². The molecule has 26 heteroatoms. The summed E-state index contributed by atoms with van der Waals surface area (Å²) in [6.45, 7) is 8.17. The Kier molecular flexibility index (Phi) is 19.0. The normalized spacial score (nSPS) is 24.9. The average Bonchev–Trinajstić information content (AvgIpc) is 1.51. The number of thiazole rings is 1. The van der Waals surface area contributed by atoms with Gasteiger partial charge in [0.2, 0.25) is 18.1 Å². The van der Waals surface area contributed by atoms with Crippen LogP contribution >= 0.6 is 11.3 Å². The fourth-order valence-electron chi connectivity index (χ4n) is 15.8. The maximum atomic E-state index is 13.8. The van der Waals surface area contributed by atoms with Gasteiger partial charge >= 0.3 is 12.1 Å². The van der Waals surface area contributed by atoms with E-state index in [1.165, 1.54) is 34.5 Å². The Bertz CT molecular complexity index is 3960. The Balaban J connectivity index is 0.648. The number of nitrogens with one attached hydrogen (secondary N) is 3. The van der Waals surface area contributed by atoms with E-state index < -0.39 is 54.8 Å². The Morgan fingerprint density at radius 2 is 1.68 bits per heavy atom. The van der Waals surface area contributed by atoms with Crippen LogP contribution in [0, 0.1) is 23.2 Å². The van der Waals surface area contributed by atoms with E-state index in [0.717, 1.165) is 64.0 Å². The van der Waals surface area contributed by atoms with Crippen LogP contribution in [0.2, 0.25) is 0 Å². The molecule has 6 amide bonds. The lowest BCUT2D eigenvalue weighted by Crippen LogP contribution is -2.51. The SMILES string of the molecule is Cc1c(-c2ccc(N3CCc4cccc(C(=O)Nc5nc6ccccc6s5)c4C3)nc2C(=O)O)cnn1C[C@@]12CC3(C)CC(C)(C1)C(OCCN(C)C(=O)OCc1ccc(O[C@H]4C[C@@H](O)[C@@H](O)[C@@H](CO)O4)c(NC(=O)CCNC(=O)CCCCCN4C(=O)C=CC4=O)c1)(C3)C2. The smallest absolute Gasteiger partial charge is 0.409 e. The van der Waals surface area contributed by atoms with Crippen LogP contribution in [0.15, 0.2) is 91.1 Å². The molecular weight excluding hydrogens is 1240 g/mol. The van der Waals surface area contributed by atoms with E-state index in [9.17, 15) is 54.0 Å². The van der Waals surface area contributed by atoms with Gasteiger partial charge < -0.3 is 59.8 Å². The molecule has 3 unspecified atom stereocenters. The third-order valence-electron chi connectivity index (χ3n) is 19.8. The molecular formula is C69H80N10O15S. The lowest BCUT2D eigenvalue weighted by Gasteiger charge is -2.46. The number of amides is 6. The van der Waals surface area contributed by atoms with Crippen molar-refractivity contribution in [1.29, 1.82) is 0 Å². The summed E-state index contributed by atoms with van der Waals surface area (Å²) in [7, 11) is 1.64. The van der Waals surface area contributed by atoms with Crippen molar-refractivity contribution in [1.82, 2.24) is 34.9 Å². The molecule has 7 aliphatic rings. The third-order valence-corrected chi connectivity index (χ3v) is 20.8. The number of anilines is 3. The Morgan fingerprint density at radius 1 is 0.874 bits per heavy atom. The molecule has 3 aliphatic heterocycles. The number of pyridine rings is 1. The zero-order valence-corrected chi connectivity index (χ0v) is 54.5. The number of aromatic nitrogens is 4. The fraction of sp³-hybridized carbons (Fsp3) is 0.478. The molecule has 7 N–H and O–H groups in total. The zero-order chi connectivity index (χ0) is 67.0. The molecule has 3 aromatic carbocycles. The number of carboxylic acid groups (broad SMARTS) is 1. The number of rotatable bonds is 26. The second-order valence-electron chi connectivity index (χ2n) is 27.0. The number of para-hydroxylation sites is 1. The minimum absolute atomic E-state index is 0.00164. The van der Waals surface area contributed by atoms with Gasteiger partial charge in [-0.25, -0.2) is 19.6 Å². The molecule has 0 radical (unpaired) electrons. The van der Waals surface area contributed by atoms with Gasteiger partial charge in [0, 0.05) is 100 Å². The number of nitrogens with zero attached hydrogens (tertiary/aromatic N) is 7. The molecule has 95 heavy (non-hydrogen) atoms. The predicted molar refractivity (Wildman–Crippen MR) is 349 cm³/mol. The Hall–Kier alpha value is -8.66. The van der Waals surface area contributed by atoms with Gasteiger partial charge in [0.15, 0.2) is 10.8 Å². The number of aliphatic hydroxyl groups is 3. The van der Waals surface area contributed by atoms with Crippen molar-refractivity contribution in [3.05, 3.63) is 125 Å². The summed E-state index contributed by atoms with van der Waals surface area (Å²) in [6.07, 6.45) is 5.53. The topological polar surface area (TPSA) is 327 Å². The lowest BCUT2D eigenvalue weighted by atomic mass is 9.60. The maximum absolute atomic E-state index is 13.8. The van der Waals surface area contributed by atoms with Crippen LogP contribution < -0.4 is 25.6 Å². The van der Waals surface area contributed by atoms with Crippen molar-refractivity contribution in [2.45, 2.75) is 148 Å². The first-order chi connectivity index (χ1) is 45.5. The van der Waals surface area contributed by atoms with Gasteiger partial charge in [0.25, 0.3) is 17.7 Å². The number of carbonyl (C=O) groups excluding carboxylic acids is 6. The summed E-state index contributed by atoms with van der Waals surface area (Å²) >= 11 is 1.41. The molecule has 6 aromatic rings. The van der Waals surface area contributed by atoms with E-state index in [1.54, 1.807) is 31.4 Å². The van der Waals surface area contributed by atoms with E-state index >= 15 is 0 Å². The van der Waals surface area contributed by atoms with Crippen LogP contribution in [0.1, 0.15) is 128 Å². The number of benzene rings is 3. The van der Waals surface area contributed by atoms with Gasteiger partial charge in [-0.05, 0) is 134 Å². The van der Waals surface area contributed by atoms with Crippen LogP contribution in [0.5, 0.6) is 5.75 Å². The highest BCUT2D eigenvalue weighted by Crippen LogP contribution is 2.77. The second kappa shape index (κ2) is 27.2. The molecule has 4 aliphatic carbocycles. The summed E-state index contributed by atoms with van der Waals surface area (Å²) in [4.78, 5) is 104. The zero-order valence-electron chi connectivity index (χ0n) is 53.6. The van der Waals surface area contributed by atoms with Crippen LogP contribution in [-0.4, -0.2) is 168 Å². The Labute approximate surface area is 552 Å². The first-order valence-corrected chi connectivity index (χ1v) is 33.2. The van der Waals surface area contributed by atoms with E-state index in [1.807, 2.05) is 65.0 Å². The maximum Gasteiger partial charge on any atom is 0.409 e. The number of unbranched alkanes of at least 4 members (excludes halogenated alkanes) is 2. The molecule has 8 atom stereocenters. The molecule has 4 saturated carbocycles. The summed E-state index contributed by atoms with van der Waals surface area (Å²) in [5.41, 5.74) is 4.99. The number of likely N-dealkylation sites (N-methyl/N-ethyl adjacent to an activating group) is 1. The first-order valence-electron chi connectivity index (χ1n) is 32.4. The number of ether oxygens (including phenoxy) is 4. The number of hydrogen-bond donors (Lipinski definition) is 7. The van der Waals surface area contributed by atoms with Crippen LogP contribution in [0.4, 0.5) is 21.4 Å². The molecule has 25 nitrogen and oxygen atoms in total. The van der Waals surface area contributed by atoms with Gasteiger partial charge in [0.1, 0.15) is 30.4 Å². The molecule has 4 bridgehead atoms. The van der Waals surface area contributed by atoms with E-state index in [4.69, 9.17) is 29.0 Å². The quantitative estimate of drug-likeness (QED) is 0.0204. The van der Waals surface area contributed by atoms with Crippen molar-refractivity contribution in [2.75, 3.05) is 62.0 Å². The van der Waals surface area contributed by atoms with Gasteiger partial charge in [0.05, 0.1) is 47.0 Å². The largest absolute Gasteiger partial charge is 0.476 e. The number of carboxylic acids is 1. The van der Waals surface area contributed by atoms with E-state index in [0.29, 0.717) is 78.5 Å². The fourth-order valence-corrected chi connectivity index (χ4v) is 16.7. The summed E-state index contributed by atoms with van der Waals surface area (Å²) in [6, 6.07) is 21.8. The average molecular weight is 1320 g/mol. The minimum atomic E-state index is -1.34. The monoisotopic (exact) mass is 1320 g/mol. The third kappa shape index (κ3) is 14.1. The van der Waals surface area contributed by atoms with E-state index in [2.05, 4.69) is 34.8 Å². The molecule has 13 rings (SSSR count). The van der Waals surface area contributed by atoms with Crippen molar-refractivity contribution in [3.63, 3.8) is 0 Å². The van der Waals surface area contributed by atoms with Crippen molar-refractivity contribution < 1.29 is 72.9 Å². The van der Waals surface area contributed by atoms with Crippen molar-refractivity contribution in [2.24, 2.45) is 16.2 Å². The number of hydrogen-bond acceptors (Lipinski definition) is 19. The second-order valence-corrected chi connectivity index (χ2v) is 28.0. The highest BCUT2D eigenvalue weighted by Gasteiger charge is 2.74. The minimum Gasteiger partial charge on any atom is -0.476 e. The highest BCUT2D eigenvalue weighted by molar-refractivity contribution is 7.22. The van der Waals surface area contributed by atoms with Crippen LogP contribution in [0.3, 0.4) is 0 Å². The number of carbonyl (C=O) groups is 7. The van der Waals surface area contributed by atoms with Gasteiger partial charge in [-0.1, -0.05) is 61.9 Å². The van der Waals surface area contributed by atoms with Gasteiger partial charge in [-0.3, -0.25) is 38.9 Å². The van der Waals surface area contributed by atoms with E-state index in [-0.39, 0.29) is 109 Å². The standard InChI is InChI=1S/C69H80N10O15S/c1-41-46(44-17-19-54(74-60(44)63(88)89)77-26-23-43-11-10-12-45(47(43)32-77)62(87)75-64-73-48-13-7-8-14-53(48)95-64)31-71-79(41)40-68-36-66(2)35-67(3,38-68)69(37-66,39-68)92-28-27-76(4)65(90)91-34-42-16-18-51(93-59-30-50(81)61(86)52(33-80)94-59)49(29-42)72-56(83)22-24-70-55(82)15-6-5-9-25-78-57(84)20-21-58(78)85/h7-8,10-14,16-21,29,31,50,52,59,61,80-81,86H,5-6,9,15,22-28,30,32-40H2,1-4H3,(H,70,82)(H,72,83)(H,88,89)(H,73,75,87)/t50-,52-,59-,61-,66?,67?,68+,69?/m1/s1. The van der Waals surface area contributed by atoms with Crippen molar-refractivity contribution >= 4 is 79.8 Å². The molecule has 6 heterocycles. The molecule has 3 aromatic heterocycles. The molecule has 0 spiro atoms.